The van der Waals surface area contributed by atoms with Crippen molar-refractivity contribution in [2.45, 2.75) is 44.6 Å². The fourth-order valence-electron chi connectivity index (χ4n) is 2.01. The van der Waals surface area contributed by atoms with Crippen LogP contribution in [0.5, 0.6) is 0 Å². The maximum atomic E-state index is 11.7. The molecule has 1 saturated carbocycles. The molecule has 1 aliphatic carbocycles. The summed E-state index contributed by atoms with van der Waals surface area (Å²) in [5, 5.41) is 2.97. The fraction of sp³-hybridized carbons (Fsp3) is 0.909. The van der Waals surface area contributed by atoms with Gasteiger partial charge in [0, 0.05) is 18.5 Å². The summed E-state index contributed by atoms with van der Waals surface area (Å²) in [5.41, 5.74) is 11.2. The Morgan fingerprint density at radius 1 is 1.20 bits per heavy atom. The molecule has 0 heterocycles. The molecule has 0 aromatic carbocycles. The SMILES string of the molecule is NCCCCNC(=O)C1CCC(N)CC1. The Bertz CT molecular complexity index is 188. The van der Waals surface area contributed by atoms with Gasteiger partial charge in [-0.2, -0.15) is 0 Å². The summed E-state index contributed by atoms with van der Waals surface area (Å²) in [7, 11) is 0. The minimum absolute atomic E-state index is 0.197. The van der Waals surface area contributed by atoms with Gasteiger partial charge in [0.15, 0.2) is 0 Å². The molecule has 4 heteroatoms. The molecule has 0 spiro atoms. The zero-order valence-corrected chi connectivity index (χ0v) is 9.37. The molecule has 15 heavy (non-hydrogen) atoms. The van der Waals surface area contributed by atoms with E-state index in [-0.39, 0.29) is 11.8 Å². The van der Waals surface area contributed by atoms with Crippen LogP contribution in [0.2, 0.25) is 0 Å². The van der Waals surface area contributed by atoms with Gasteiger partial charge in [0.2, 0.25) is 5.91 Å². The zero-order valence-electron chi connectivity index (χ0n) is 9.37. The van der Waals surface area contributed by atoms with Crippen LogP contribution in [0.25, 0.3) is 0 Å². The second-order valence-corrected chi connectivity index (χ2v) is 4.40. The van der Waals surface area contributed by atoms with E-state index < -0.39 is 0 Å². The second kappa shape index (κ2) is 6.80. The molecule has 0 aromatic rings. The maximum Gasteiger partial charge on any atom is 0.223 e. The molecule has 1 fully saturated rings. The molecule has 1 rings (SSSR count). The molecule has 1 aliphatic rings. The number of unbranched alkanes of at least 4 members (excludes halogenated alkanes) is 1. The Hall–Kier alpha value is -0.610. The van der Waals surface area contributed by atoms with Crippen molar-refractivity contribution in [3.8, 4) is 0 Å². The van der Waals surface area contributed by atoms with Crippen LogP contribution >= 0.6 is 0 Å². The highest BCUT2D eigenvalue weighted by Crippen LogP contribution is 2.22. The molecule has 0 radical (unpaired) electrons. The van der Waals surface area contributed by atoms with Gasteiger partial charge in [0.05, 0.1) is 0 Å². The van der Waals surface area contributed by atoms with E-state index in [1.165, 1.54) is 0 Å². The predicted octanol–water partition coefficient (Wildman–Crippen LogP) is 0.359. The molecule has 1 amide bonds. The Morgan fingerprint density at radius 2 is 1.87 bits per heavy atom. The number of carbonyl (C=O) groups excluding carboxylic acids is 1. The minimum Gasteiger partial charge on any atom is -0.356 e. The highest BCUT2D eigenvalue weighted by Gasteiger charge is 2.23. The van der Waals surface area contributed by atoms with Gasteiger partial charge in [0.25, 0.3) is 0 Å². The number of hydrogen-bond acceptors (Lipinski definition) is 3. The van der Waals surface area contributed by atoms with Crippen LogP contribution in [0.1, 0.15) is 38.5 Å². The third kappa shape index (κ3) is 4.62. The quantitative estimate of drug-likeness (QED) is 0.577. The smallest absolute Gasteiger partial charge is 0.223 e. The lowest BCUT2D eigenvalue weighted by atomic mass is 9.86. The molecule has 5 N–H and O–H groups in total. The molecule has 0 unspecified atom stereocenters. The van der Waals surface area contributed by atoms with Gasteiger partial charge >= 0.3 is 0 Å². The van der Waals surface area contributed by atoms with Gasteiger partial charge in [-0.1, -0.05) is 0 Å². The number of nitrogens with one attached hydrogen (secondary N) is 1. The van der Waals surface area contributed by atoms with Gasteiger partial charge in [-0.25, -0.2) is 0 Å². The normalized spacial score (nSPS) is 26.3. The highest BCUT2D eigenvalue weighted by molar-refractivity contribution is 5.78. The van der Waals surface area contributed by atoms with Crippen LogP contribution in [0.15, 0.2) is 0 Å². The standard InChI is InChI=1S/C11H23N3O/c12-7-1-2-8-14-11(15)9-3-5-10(13)6-4-9/h9-10H,1-8,12-13H2,(H,14,15). The molecule has 0 bridgehead atoms. The zero-order chi connectivity index (χ0) is 11.1. The maximum absolute atomic E-state index is 11.7. The molecule has 0 saturated heterocycles. The average Bonchev–Trinajstić information content (AvgIpc) is 2.25. The van der Waals surface area contributed by atoms with Crippen LogP contribution in [0.3, 0.4) is 0 Å². The number of carbonyl (C=O) groups is 1. The van der Waals surface area contributed by atoms with E-state index in [9.17, 15) is 4.79 Å². The van der Waals surface area contributed by atoms with E-state index in [4.69, 9.17) is 11.5 Å². The summed E-state index contributed by atoms with van der Waals surface area (Å²) in [6, 6.07) is 0.311. The number of amides is 1. The number of rotatable bonds is 5. The molecule has 0 aromatic heterocycles. The van der Waals surface area contributed by atoms with Crippen molar-refractivity contribution in [3.63, 3.8) is 0 Å². The van der Waals surface area contributed by atoms with Gasteiger partial charge in [0.1, 0.15) is 0 Å². The van der Waals surface area contributed by atoms with Crippen LogP contribution < -0.4 is 16.8 Å². The molecule has 0 aliphatic heterocycles. The molecular formula is C11H23N3O. The first-order valence-corrected chi connectivity index (χ1v) is 5.97. The van der Waals surface area contributed by atoms with Gasteiger partial charge in [-0.15, -0.1) is 0 Å². The Labute approximate surface area is 91.8 Å². The van der Waals surface area contributed by atoms with E-state index in [2.05, 4.69) is 5.32 Å². The summed E-state index contributed by atoms with van der Waals surface area (Å²) < 4.78 is 0. The predicted molar refractivity (Wildman–Crippen MR) is 61.2 cm³/mol. The summed E-state index contributed by atoms with van der Waals surface area (Å²) in [6.45, 7) is 1.47. The molecule has 4 nitrogen and oxygen atoms in total. The van der Waals surface area contributed by atoms with Crippen LogP contribution in [0, 0.1) is 5.92 Å². The van der Waals surface area contributed by atoms with Crippen molar-refractivity contribution >= 4 is 5.91 Å². The lowest BCUT2D eigenvalue weighted by Crippen LogP contribution is -2.36. The van der Waals surface area contributed by atoms with Crippen molar-refractivity contribution in [2.75, 3.05) is 13.1 Å². The second-order valence-electron chi connectivity index (χ2n) is 4.40. The van der Waals surface area contributed by atoms with Crippen LogP contribution in [-0.4, -0.2) is 25.0 Å². The van der Waals surface area contributed by atoms with Crippen molar-refractivity contribution in [1.29, 1.82) is 0 Å². The molecular weight excluding hydrogens is 190 g/mol. The van der Waals surface area contributed by atoms with E-state index in [0.29, 0.717) is 12.6 Å². The average molecular weight is 213 g/mol. The highest BCUT2D eigenvalue weighted by atomic mass is 16.1. The summed E-state index contributed by atoms with van der Waals surface area (Å²) in [5.74, 6) is 0.404. The van der Waals surface area contributed by atoms with E-state index >= 15 is 0 Å². The van der Waals surface area contributed by atoms with Crippen molar-refractivity contribution in [2.24, 2.45) is 17.4 Å². The summed E-state index contributed by atoms with van der Waals surface area (Å²) in [4.78, 5) is 11.7. The Kier molecular flexibility index (Phi) is 5.65. The van der Waals surface area contributed by atoms with Crippen molar-refractivity contribution in [1.82, 2.24) is 5.32 Å². The summed E-state index contributed by atoms with van der Waals surface area (Å²) >= 11 is 0. The molecule has 88 valence electrons. The van der Waals surface area contributed by atoms with Crippen molar-refractivity contribution in [3.05, 3.63) is 0 Å². The largest absolute Gasteiger partial charge is 0.356 e. The van der Waals surface area contributed by atoms with Crippen LogP contribution in [0.4, 0.5) is 0 Å². The first-order chi connectivity index (χ1) is 7.24. The molecule has 0 atom stereocenters. The minimum atomic E-state index is 0.197. The van der Waals surface area contributed by atoms with E-state index in [1.54, 1.807) is 0 Å². The Balaban J connectivity index is 2.11. The van der Waals surface area contributed by atoms with Gasteiger partial charge < -0.3 is 16.8 Å². The third-order valence-corrected chi connectivity index (χ3v) is 3.07. The third-order valence-electron chi connectivity index (χ3n) is 3.07. The first-order valence-electron chi connectivity index (χ1n) is 5.97. The van der Waals surface area contributed by atoms with E-state index in [0.717, 1.165) is 45.1 Å². The van der Waals surface area contributed by atoms with Crippen LogP contribution in [-0.2, 0) is 4.79 Å². The van der Waals surface area contributed by atoms with E-state index in [1.807, 2.05) is 0 Å². The monoisotopic (exact) mass is 213 g/mol. The van der Waals surface area contributed by atoms with Gasteiger partial charge in [-0.3, -0.25) is 4.79 Å². The fourth-order valence-corrected chi connectivity index (χ4v) is 2.01. The Morgan fingerprint density at radius 3 is 2.47 bits per heavy atom. The van der Waals surface area contributed by atoms with Gasteiger partial charge in [-0.05, 0) is 45.1 Å². The first kappa shape index (κ1) is 12.5. The summed E-state index contributed by atoms with van der Waals surface area (Å²) in [6.07, 6.45) is 5.83. The van der Waals surface area contributed by atoms with Crippen molar-refractivity contribution < 1.29 is 4.79 Å². The number of hydrogen-bond donors (Lipinski definition) is 3. The lowest BCUT2D eigenvalue weighted by molar-refractivity contribution is -0.125. The number of nitrogens with two attached hydrogens (primary N) is 2. The topological polar surface area (TPSA) is 81.1 Å². The lowest BCUT2D eigenvalue weighted by Gasteiger charge is -2.25.